The number of esters is 1. The number of benzene rings is 3. The van der Waals surface area contributed by atoms with Gasteiger partial charge in [0.2, 0.25) is 0 Å². The minimum Gasteiger partial charge on any atom is -0.458 e. The summed E-state index contributed by atoms with van der Waals surface area (Å²) in [6, 6.07) is 24.4. The van der Waals surface area contributed by atoms with Gasteiger partial charge in [0.25, 0.3) is 21.8 Å². The first-order chi connectivity index (χ1) is 16.5. The first-order valence-corrected chi connectivity index (χ1v) is 11.8. The summed E-state index contributed by atoms with van der Waals surface area (Å²) in [4.78, 5) is 29.5. The topological polar surface area (TPSA) is 111 Å². The van der Waals surface area contributed by atoms with E-state index in [0.29, 0.717) is 15.8 Å². The van der Waals surface area contributed by atoms with E-state index in [-0.39, 0.29) is 29.4 Å². The van der Waals surface area contributed by atoms with Crippen LogP contribution in [0.5, 0.6) is 0 Å². The van der Waals surface area contributed by atoms with Crippen LogP contribution in [0.1, 0.15) is 21.0 Å². The Kier molecular flexibility index (Phi) is 5.42. The molecule has 170 valence electrons. The minimum absolute atomic E-state index is 0.0536. The third-order valence-electron chi connectivity index (χ3n) is 5.26. The third kappa shape index (κ3) is 3.73. The number of fused-ring (bicyclic) bond motifs is 1. The van der Waals surface area contributed by atoms with Gasteiger partial charge in [-0.1, -0.05) is 60.7 Å². The van der Waals surface area contributed by atoms with Crippen LogP contribution in [0, 0.1) is 0 Å². The number of sulfonamides is 1. The van der Waals surface area contributed by atoms with Gasteiger partial charge in [0, 0.05) is 5.56 Å². The van der Waals surface area contributed by atoms with Crippen LogP contribution in [0.3, 0.4) is 0 Å². The Morgan fingerprint density at radius 3 is 2.24 bits per heavy atom. The molecule has 0 bridgehead atoms. The maximum Gasteiger partial charge on any atom is 0.378 e. The smallest absolute Gasteiger partial charge is 0.378 e. The summed E-state index contributed by atoms with van der Waals surface area (Å²) in [6.07, 6.45) is 0. The SMILES string of the molecule is O=C(OCCN1C(=O)c2ccccc2S1(=O)=O)c1nc(-c2ccccc2)n(-c2ccccc2)n1. The van der Waals surface area contributed by atoms with Crippen molar-refractivity contribution in [2.45, 2.75) is 4.90 Å². The average Bonchev–Trinajstić information content (AvgIpc) is 3.40. The maximum atomic E-state index is 12.7. The molecule has 0 radical (unpaired) electrons. The Balaban J connectivity index is 1.35. The molecule has 1 amide bonds. The molecule has 0 saturated carbocycles. The fraction of sp³-hybridized carbons (Fsp3) is 0.0833. The number of para-hydroxylation sites is 1. The number of rotatable bonds is 6. The van der Waals surface area contributed by atoms with Crippen LogP contribution < -0.4 is 0 Å². The van der Waals surface area contributed by atoms with Crippen molar-refractivity contribution in [3.63, 3.8) is 0 Å². The zero-order valence-corrected chi connectivity index (χ0v) is 18.6. The fourth-order valence-corrected chi connectivity index (χ4v) is 5.21. The normalized spacial score (nSPS) is 14.1. The molecule has 5 rings (SSSR count). The molecule has 9 nitrogen and oxygen atoms in total. The molecule has 1 aliphatic rings. The standard InChI is InChI=1S/C24H18N4O5S/c29-23-19-13-7-8-14-20(19)34(31,32)27(23)15-16-33-24(30)21-25-22(17-9-3-1-4-10-17)28(26-21)18-11-5-2-6-12-18/h1-14H,15-16H2. The van der Waals surface area contributed by atoms with E-state index in [9.17, 15) is 18.0 Å². The molecule has 0 aliphatic carbocycles. The van der Waals surface area contributed by atoms with Crippen molar-refractivity contribution in [2.75, 3.05) is 13.2 Å². The molecular formula is C24H18N4O5S. The monoisotopic (exact) mass is 474 g/mol. The minimum atomic E-state index is -3.98. The highest BCUT2D eigenvalue weighted by Crippen LogP contribution is 2.29. The lowest BCUT2D eigenvalue weighted by Gasteiger charge is -2.14. The number of hydrogen-bond donors (Lipinski definition) is 0. The summed E-state index contributed by atoms with van der Waals surface area (Å²) in [5, 5.41) is 4.32. The van der Waals surface area contributed by atoms with Gasteiger partial charge in [0.05, 0.1) is 17.8 Å². The summed E-state index contributed by atoms with van der Waals surface area (Å²) in [5.41, 5.74) is 1.56. The Morgan fingerprint density at radius 2 is 1.53 bits per heavy atom. The second-order valence-corrected chi connectivity index (χ2v) is 9.22. The zero-order valence-electron chi connectivity index (χ0n) is 17.7. The molecule has 3 aromatic carbocycles. The van der Waals surface area contributed by atoms with Gasteiger partial charge in [-0.05, 0) is 24.3 Å². The summed E-state index contributed by atoms with van der Waals surface area (Å²) in [6.45, 7) is -0.648. The molecule has 10 heteroatoms. The highest BCUT2D eigenvalue weighted by atomic mass is 32.2. The molecule has 0 unspecified atom stereocenters. The zero-order chi connectivity index (χ0) is 23.7. The van der Waals surface area contributed by atoms with E-state index in [0.717, 1.165) is 5.56 Å². The van der Waals surface area contributed by atoms with Crippen LogP contribution in [0.4, 0.5) is 0 Å². The van der Waals surface area contributed by atoms with Crippen LogP contribution in [0.25, 0.3) is 17.1 Å². The lowest BCUT2D eigenvalue weighted by molar-refractivity contribution is 0.0464. The molecule has 0 spiro atoms. The van der Waals surface area contributed by atoms with Crippen molar-refractivity contribution >= 4 is 21.9 Å². The van der Waals surface area contributed by atoms with Crippen molar-refractivity contribution < 1.29 is 22.7 Å². The molecule has 1 aromatic heterocycles. The predicted molar refractivity (Wildman–Crippen MR) is 122 cm³/mol. The van der Waals surface area contributed by atoms with Crippen LogP contribution in [0.2, 0.25) is 0 Å². The van der Waals surface area contributed by atoms with Gasteiger partial charge < -0.3 is 4.74 Å². The summed E-state index contributed by atoms with van der Waals surface area (Å²) >= 11 is 0. The van der Waals surface area contributed by atoms with Crippen LogP contribution in [-0.4, -0.2) is 52.5 Å². The van der Waals surface area contributed by atoms with Crippen molar-refractivity contribution in [1.82, 2.24) is 19.1 Å². The van der Waals surface area contributed by atoms with Gasteiger partial charge >= 0.3 is 5.97 Å². The molecule has 1 aliphatic heterocycles. The van der Waals surface area contributed by atoms with Gasteiger partial charge in [0.15, 0.2) is 5.82 Å². The highest BCUT2D eigenvalue weighted by Gasteiger charge is 2.40. The number of carbonyl (C=O) groups excluding carboxylic acids is 2. The number of aromatic nitrogens is 3. The van der Waals surface area contributed by atoms with E-state index in [1.165, 1.54) is 16.8 Å². The Morgan fingerprint density at radius 1 is 0.882 bits per heavy atom. The summed E-state index contributed by atoms with van der Waals surface area (Å²) in [7, 11) is -3.98. The van der Waals surface area contributed by atoms with Crippen molar-refractivity contribution in [3.05, 3.63) is 96.3 Å². The van der Waals surface area contributed by atoms with Gasteiger partial charge in [-0.2, -0.15) is 0 Å². The summed E-state index contributed by atoms with van der Waals surface area (Å²) < 4.78 is 32.8. The van der Waals surface area contributed by atoms with Crippen molar-refractivity contribution in [1.29, 1.82) is 0 Å². The molecule has 0 N–H and O–H groups in total. The van der Waals surface area contributed by atoms with E-state index in [2.05, 4.69) is 10.1 Å². The van der Waals surface area contributed by atoms with E-state index in [1.807, 2.05) is 60.7 Å². The first-order valence-electron chi connectivity index (χ1n) is 10.4. The third-order valence-corrected chi connectivity index (χ3v) is 7.10. The quantitative estimate of drug-likeness (QED) is 0.395. The number of ether oxygens (including phenoxy) is 1. The average molecular weight is 474 g/mol. The van der Waals surface area contributed by atoms with Crippen LogP contribution in [-0.2, 0) is 14.8 Å². The second kappa shape index (κ2) is 8.56. The van der Waals surface area contributed by atoms with Crippen LogP contribution in [0.15, 0.2) is 89.8 Å². The molecule has 0 atom stereocenters. The Bertz CT molecular complexity index is 1430. The number of nitrogens with zero attached hydrogens (tertiary/aromatic N) is 4. The maximum absolute atomic E-state index is 12.7. The van der Waals surface area contributed by atoms with Crippen molar-refractivity contribution in [3.8, 4) is 17.1 Å². The van der Waals surface area contributed by atoms with E-state index in [1.54, 1.807) is 12.1 Å². The first kappa shape index (κ1) is 21.5. The van der Waals surface area contributed by atoms with Gasteiger partial charge in [-0.15, -0.1) is 5.10 Å². The van der Waals surface area contributed by atoms with Crippen molar-refractivity contribution in [2.24, 2.45) is 0 Å². The van der Waals surface area contributed by atoms with Gasteiger partial charge in [0.1, 0.15) is 11.5 Å². The lowest BCUT2D eigenvalue weighted by atomic mass is 10.2. The predicted octanol–water partition coefficient (Wildman–Crippen LogP) is 2.94. The molecule has 2 heterocycles. The largest absolute Gasteiger partial charge is 0.458 e. The second-order valence-electron chi connectivity index (χ2n) is 7.39. The number of carbonyl (C=O) groups is 2. The van der Waals surface area contributed by atoms with Gasteiger partial charge in [-0.25, -0.2) is 27.2 Å². The number of hydrogen-bond acceptors (Lipinski definition) is 7. The van der Waals surface area contributed by atoms with E-state index in [4.69, 9.17) is 4.74 Å². The van der Waals surface area contributed by atoms with E-state index >= 15 is 0 Å². The highest BCUT2D eigenvalue weighted by molar-refractivity contribution is 7.90. The fourth-order valence-electron chi connectivity index (χ4n) is 3.66. The molecule has 4 aromatic rings. The molecule has 0 fully saturated rings. The van der Waals surface area contributed by atoms with E-state index < -0.39 is 21.9 Å². The molecular weight excluding hydrogens is 456 g/mol. The number of amides is 1. The summed E-state index contributed by atoms with van der Waals surface area (Å²) in [5.74, 6) is -1.20. The molecule has 0 saturated heterocycles. The lowest BCUT2D eigenvalue weighted by Crippen LogP contribution is -2.33. The molecule has 34 heavy (non-hydrogen) atoms. The van der Waals surface area contributed by atoms with Crippen LogP contribution >= 0.6 is 0 Å². The Hall–Kier alpha value is -4.31. The Labute approximate surface area is 195 Å². The van der Waals surface area contributed by atoms with Gasteiger partial charge in [-0.3, -0.25) is 4.79 Å².